The van der Waals surface area contributed by atoms with Gasteiger partial charge in [0.1, 0.15) is 5.82 Å². The molecule has 2 aromatic heterocycles. The fourth-order valence-electron chi connectivity index (χ4n) is 3.30. The van der Waals surface area contributed by atoms with Gasteiger partial charge in [0.15, 0.2) is 5.76 Å². The second-order valence-electron chi connectivity index (χ2n) is 6.26. The molecule has 1 fully saturated rings. The van der Waals surface area contributed by atoms with Gasteiger partial charge in [-0.1, -0.05) is 5.16 Å². The van der Waals surface area contributed by atoms with E-state index in [4.69, 9.17) is 4.52 Å². The zero-order valence-corrected chi connectivity index (χ0v) is 14.8. The second-order valence-corrected chi connectivity index (χ2v) is 8.15. The van der Waals surface area contributed by atoms with E-state index in [-0.39, 0.29) is 4.90 Å². The van der Waals surface area contributed by atoms with Gasteiger partial charge in [-0.05, 0) is 44.0 Å². The molecule has 1 saturated heterocycles. The van der Waals surface area contributed by atoms with E-state index in [1.807, 2.05) is 6.92 Å². The molecule has 26 heavy (non-hydrogen) atoms. The highest BCUT2D eigenvalue weighted by Gasteiger charge is 2.38. The van der Waals surface area contributed by atoms with Crippen molar-refractivity contribution in [3.8, 4) is 11.3 Å². The fourth-order valence-corrected chi connectivity index (χ4v) is 4.96. The first-order valence-electron chi connectivity index (χ1n) is 8.21. The molecule has 136 valence electrons. The SMILES string of the molecule is Cc1cc(-c2cn[nH]c2[C@H]2CCCN2S(=O)(=O)c2ccc(F)cc2)on1. The summed E-state index contributed by atoms with van der Waals surface area (Å²) < 4.78 is 46.0. The quantitative estimate of drug-likeness (QED) is 0.756. The summed E-state index contributed by atoms with van der Waals surface area (Å²) >= 11 is 0. The minimum absolute atomic E-state index is 0.0716. The van der Waals surface area contributed by atoms with Crippen molar-refractivity contribution in [3.63, 3.8) is 0 Å². The number of rotatable bonds is 4. The van der Waals surface area contributed by atoms with Crippen molar-refractivity contribution in [2.24, 2.45) is 0 Å². The molecule has 7 nitrogen and oxygen atoms in total. The van der Waals surface area contributed by atoms with E-state index in [2.05, 4.69) is 15.4 Å². The van der Waals surface area contributed by atoms with Gasteiger partial charge in [0, 0.05) is 12.6 Å². The number of hydrogen-bond acceptors (Lipinski definition) is 5. The van der Waals surface area contributed by atoms with E-state index in [0.717, 1.165) is 24.2 Å². The van der Waals surface area contributed by atoms with Gasteiger partial charge in [0.2, 0.25) is 10.0 Å². The number of nitrogens with zero attached hydrogens (tertiary/aromatic N) is 3. The smallest absolute Gasteiger partial charge is 0.243 e. The second kappa shape index (κ2) is 6.33. The first kappa shape index (κ1) is 16.9. The normalized spacial score (nSPS) is 18.5. The topological polar surface area (TPSA) is 92.1 Å². The zero-order chi connectivity index (χ0) is 18.3. The van der Waals surface area contributed by atoms with Crippen LogP contribution in [0.15, 0.2) is 45.9 Å². The molecule has 3 heterocycles. The highest BCUT2D eigenvalue weighted by molar-refractivity contribution is 7.89. The van der Waals surface area contributed by atoms with Crippen LogP contribution in [0.2, 0.25) is 0 Å². The lowest BCUT2D eigenvalue weighted by Gasteiger charge is -2.23. The third kappa shape index (κ3) is 2.82. The maximum atomic E-state index is 13.2. The summed E-state index contributed by atoms with van der Waals surface area (Å²) in [6.45, 7) is 2.20. The summed E-state index contributed by atoms with van der Waals surface area (Å²) in [5.41, 5.74) is 2.09. The predicted molar refractivity (Wildman–Crippen MR) is 91.1 cm³/mol. The number of H-pyrrole nitrogens is 1. The number of aryl methyl sites for hydroxylation is 1. The molecule has 0 spiro atoms. The van der Waals surface area contributed by atoms with Crippen LogP contribution in [-0.4, -0.2) is 34.6 Å². The monoisotopic (exact) mass is 376 g/mol. The van der Waals surface area contributed by atoms with Crippen molar-refractivity contribution in [1.29, 1.82) is 0 Å². The Hall–Kier alpha value is -2.52. The molecule has 3 aromatic rings. The van der Waals surface area contributed by atoms with Gasteiger partial charge < -0.3 is 4.52 Å². The summed E-state index contributed by atoms with van der Waals surface area (Å²) in [5.74, 6) is 0.0655. The van der Waals surface area contributed by atoms with Crippen LogP contribution in [-0.2, 0) is 10.0 Å². The standard InChI is InChI=1S/C17H17FN4O3S/c1-11-9-16(25-21-11)14-10-19-20-17(14)15-3-2-8-22(15)26(23,24)13-6-4-12(18)5-7-13/h4-7,9-10,15H,2-3,8H2,1H3,(H,19,20)/t15-/m1/s1. The van der Waals surface area contributed by atoms with Crippen LogP contribution >= 0.6 is 0 Å². The highest BCUT2D eigenvalue weighted by Crippen LogP contribution is 2.39. The van der Waals surface area contributed by atoms with Gasteiger partial charge in [0.05, 0.1) is 34.1 Å². The molecule has 0 bridgehead atoms. The van der Waals surface area contributed by atoms with Crippen LogP contribution < -0.4 is 0 Å². The maximum absolute atomic E-state index is 13.2. The highest BCUT2D eigenvalue weighted by atomic mass is 32.2. The Kier molecular flexibility index (Phi) is 4.12. The minimum Gasteiger partial charge on any atom is -0.356 e. The van der Waals surface area contributed by atoms with Gasteiger partial charge in [0.25, 0.3) is 0 Å². The third-order valence-electron chi connectivity index (χ3n) is 4.52. The van der Waals surface area contributed by atoms with E-state index in [9.17, 15) is 12.8 Å². The number of halogens is 1. The van der Waals surface area contributed by atoms with E-state index >= 15 is 0 Å². The Labute approximate surface area is 149 Å². The van der Waals surface area contributed by atoms with Crippen molar-refractivity contribution in [2.45, 2.75) is 30.7 Å². The summed E-state index contributed by atoms with van der Waals surface area (Å²) in [5, 5.41) is 10.9. The van der Waals surface area contributed by atoms with Crippen LogP contribution in [0.5, 0.6) is 0 Å². The Morgan fingerprint density at radius 1 is 1.31 bits per heavy atom. The van der Waals surface area contributed by atoms with Gasteiger partial charge in [-0.15, -0.1) is 0 Å². The number of benzene rings is 1. The number of aromatic nitrogens is 3. The van der Waals surface area contributed by atoms with Crippen LogP contribution in [0.25, 0.3) is 11.3 Å². The lowest BCUT2D eigenvalue weighted by molar-refractivity contribution is 0.388. The molecule has 1 aliphatic rings. The minimum atomic E-state index is -3.75. The molecule has 1 atom stereocenters. The Morgan fingerprint density at radius 2 is 2.08 bits per heavy atom. The van der Waals surface area contributed by atoms with E-state index in [0.29, 0.717) is 30.0 Å². The molecule has 0 saturated carbocycles. The summed E-state index contributed by atoms with van der Waals surface area (Å²) in [4.78, 5) is 0.0716. The molecule has 0 amide bonds. The van der Waals surface area contributed by atoms with Crippen molar-refractivity contribution in [3.05, 3.63) is 53.7 Å². The average Bonchev–Trinajstić information content (AvgIpc) is 3.34. The molecule has 1 N–H and O–H groups in total. The Morgan fingerprint density at radius 3 is 2.77 bits per heavy atom. The molecule has 0 radical (unpaired) electrons. The van der Waals surface area contributed by atoms with Crippen molar-refractivity contribution >= 4 is 10.0 Å². The van der Waals surface area contributed by atoms with Crippen molar-refractivity contribution < 1.29 is 17.3 Å². The lowest BCUT2D eigenvalue weighted by atomic mass is 10.1. The van der Waals surface area contributed by atoms with Crippen molar-refractivity contribution in [1.82, 2.24) is 19.7 Å². The van der Waals surface area contributed by atoms with Gasteiger partial charge >= 0.3 is 0 Å². The van der Waals surface area contributed by atoms with Crippen LogP contribution in [0, 0.1) is 12.7 Å². The largest absolute Gasteiger partial charge is 0.356 e. The van der Waals surface area contributed by atoms with E-state index < -0.39 is 21.9 Å². The molecule has 1 aliphatic heterocycles. The van der Waals surface area contributed by atoms with E-state index in [1.165, 1.54) is 16.4 Å². The first-order chi connectivity index (χ1) is 12.5. The lowest BCUT2D eigenvalue weighted by Crippen LogP contribution is -2.31. The Bertz CT molecular complexity index is 1030. The molecule has 9 heteroatoms. The maximum Gasteiger partial charge on any atom is 0.243 e. The van der Waals surface area contributed by atoms with E-state index in [1.54, 1.807) is 12.3 Å². The summed E-state index contributed by atoms with van der Waals surface area (Å²) in [6, 6.07) is 6.25. The number of aromatic amines is 1. The predicted octanol–water partition coefficient (Wildman–Crippen LogP) is 3.04. The van der Waals surface area contributed by atoms with Gasteiger partial charge in [-0.2, -0.15) is 9.40 Å². The van der Waals surface area contributed by atoms with Crippen molar-refractivity contribution in [2.75, 3.05) is 6.54 Å². The molecule has 0 aliphatic carbocycles. The summed E-state index contributed by atoms with van der Waals surface area (Å²) in [6.07, 6.45) is 2.98. The molecule has 0 unspecified atom stereocenters. The molecular weight excluding hydrogens is 359 g/mol. The first-order valence-corrected chi connectivity index (χ1v) is 9.65. The average molecular weight is 376 g/mol. The molecular formula is C17H17FN4O3S. The number of hydrogen-bond donors (Lipinski definition) is 1. The number of sulfonamides is 1. The van der Waals surface area contributed by atoms with Crippen LogP contribution in [0.3, 0.4) is 0 Å². The van der Waals surface area contributed by atoms with Crippen LogP contribution in [0.1, 0.15) is 30.3 Å². The molecule has 1 aromatic carbocycles. The van der Waals surface area contributed by atoms with Crippen LogP contribution in [0.4, 0.5) is 4.39 Å². The molecule has 4 rings (SSSR count). The van der Waals surface area contributed by atoms with Gasteiger partial charge in [-0.3, -0.25) is 5.10 Å². The number of nitrogens with one attached hydrogen (secondary N) is 1. The third-order valence-corrected chi connectivity index (χ3v) is 6.44. The Balaban J connectivity index is 1.72. The zero-order valence-electron chi connectivity index (χ0n) is 14.0. The fraction of sp³-hybridized carbons (Fsp3) is 0.294. The van der Waals surface area contributed by atoms with Gasteiger partial charge in [-0.25, -0.2) is 12.8 Å². The summed E-state index contributed by atoms with van der Waals surface area (Å²) in [7, 11) is -3.75.